The summed E-state index contributed by atoms with van der Waals surface area (Å²) in [5.41, 5.74) is 0.121. The number of hydrogen-bond acceptors (Lipinski definition) is 2. The first-order chi connectivity index (χ1) is 8.12. The highest BCUT2D eigenvalue weighted by atomic mass is 19.4. The number of alkyl halides is 3. The van der Waals surface area contributed by atoms with Crippen molar-refractivity contribution in [2.45, 2.75) is 20.0 Å². The van der Waals surface area contributed by atoms with Gasteiger partial charge in [0.1, 0.15) is 0 Å². The van der Waals surface area contributed by atoms with Gasteiger partial charge < -0.3 is 10.4 Å². The molecule has 0 aromatic heterocycles. The lowest BCUT2D eigenvalue weighted by Crippen LogP contribution is -2.30. The molecule has 0 bridgehead atoms. The molecule has 7 heteroatoms. The molecule has 1 rings (SSSR count). The van der Waals surface area contributed by atoms with Crippen molar-refractivity contribution in [3.8, 4) is 0 Å². The second kappa shape index (κ2) is 4.67. The molecule has 0 radical (unpaired) electrons. The zero-order chi connectivity index (χ0) is 14.1. The van der Waals surface area contributed by atoms with Crippen LogP contribution in [0, 0.1) is 13.8 Å². The standard InChI is InChI=1S/C11H10F3NO3/c1-5-3-6(2)8(9(16)17)7(4-5)15-10(18)11(12,13)14/h3-4H,1-2H3,(H,15,18)(H,16,17). The minimum atomic E-state index is -5.06. The maximum absolute atomic E-state index is 12.1. The molecule has 4 nitrogen and oxygen atoms in total. The molecular weight excluding hydrogens is 251 g/mol. The summed E-state index contributed by atoms with van der Waals surface area (Å²) in [6, 6.07) is 2.69. The number of rotatable bonds is 2. The monoisotopic (exact) mass is 261 g/mol. The van der Waals surface area contributed by atoms with Gasteiger partial charge in [-0.15, -0.1) is 0 Å². The summed E-state index contributed by atoms with van der Waals surface area (Å²) < 4.78 is 36.3. The minimum absolute atomic E-state index is 0.278. The third-order valence-corrected chi connectivity index (χ3v) is 2.20. The molecule has 1 aromatic rings. The fourth-order valence-corrected chi connectivity index (χ4v) is 1.54. The summed E-state index contributed by atoms with van der Waals surface area (Å²) in [6.07, 6.45) is -5.06. The van der Waals surface area contributed by atoms with E-state index in [4.69, 9.17) is 5.11 Å². The van der Waals surface area contributed by atoms with Crippen LogP contribution < -0.4 is 5.32 Å². The molecule has 98 valence electrons. The lowest BCUT2D eigenvalue weighted by Gasteiger charge is -2.13. The van der Waals surface area contributed by atoms with E-state index in [-0.39, 0.29) is 16.8 Å². The van der Waals surface area contributed by atoms with Gasteiger partial charge in [0.05, 0.1) is 11.3 Å². The Morgan fingerprint density at radius 3 is 2.22 bits per heavy atom. The van der Waals surface area contributed by atoms with Crippen molar-refractivity contribution in [3.05, 3.63) is 28.8 Å². The lowest BCUT2D eigenvalue weighted by molar-refractivity contribution is -0.167. The molecule has 0 aliphatic rings. The number of hydrogen-bond donors (Lipinski definition) is 2. The highest BCUT2D eigenvalue weighted by molar-refractivity contribution is 6.03. The van der Waals surface area contributed by atoms with Gasteiger partial charge in [-0.2, -0.15) is 13.2 Å². The zero-order valence-corrected chi connectivity index (χ0v) is 9.55. The van der Waals surface area contributed by atoms with E-state index in [1.807, 2.05) is 0 Å². The fourth-order valence-electron chi connectivity index (χ4n) is 1.54. The maximum atomic E-state index is 12.1. The van der Waals surface area contributed by atoms with Crippen molar-refractivity contribution < 1.29 is 27.9 Å². The van der Waals surface area contributed by atoms with Crippen LogP contribution in [-0.2, 0) is 4.79 Å². The summed E-state index contributed by atoms with van der Waals surface area (Å²) in [7, 11) is 0. The quantitative estimate of drug-likeness (QED) is 0.859. The van der Waals surface area contributed by atoms with Crippen LogP contribution in [-0.4, -0.2) is 23.2 Å². The second-order valence-electron chi connectivity index (χ2n) is 3.76. The molecule has 0 aliphatic carbocycles. The first kappa shape index (κ1) is 14.0. The van der Waals surface area contributed by atoms with Crippen molar-refractivity contribution in [2.75, 3.05) is 5.32 Å². The van der Waals surface area contributed by atoms with E-state index in [1.54, 1.807) is 12.2 Å². The van der Waals surface area contributed by atoms with E-state index >= 15 is 0 Å². The van der Waals surface area contributed by atoms with E-state index in [2.05, 4.69) is 0 Å². The Bertz CT molecular complexity index is 509. The number of amides is 1. The SMILES string of the molecule is Cc1cc(C)c(C(=O)O)c(NC(=O)C(F)(F)F)c1. The highest BCUT2D eigenvalue weighted by Crippen LogP contribution is 2.25. The topological polar surface area (TPSA) is 66.4 Å². The summed E-state index contributed by atoms with van der Waals surface area (Å²) in [4.78, 5) is 21.8. The van der Waals surface area contributed by atoms with Gasteiger partial charge in [0.15, 0.2) is 0 Å². The van der Waals surface area contributed by atoms with Crippen LogP contribution in [0.4, 0.5) is 18.9 Å². The minimum Gasteiger partial charge on any atom is -0.478 e. The van der Waals surface area contributed by atoms with Crippen molar-refractivity contribution in [3.63, 3.8) is 0 Å². The van der Waals surface area contributed by atoms with Crippen molar-refractivity contribution >= 4 is 17.6 Å². The molecule has 0 atom stereocenters. The van der Waals surface area contributed by atoms with Gasteiger partial charge in [-0.3, -0.25) is 4.79 Å². The molecule has 0 saturated heterocycles. The van der Waals surface area contributed by atoms with Gasteiger partial charge >= 0.3 is 18.1 Å². The van der Waals surface area contributed by atoms with Gasteiger partial charge in [0.25, 0.3) is 0 Å². The first-order valence-corrected chi connectivity index (χ1v) is 4.85. The van der Waals surface area contributed by atoms with Crippen LogP contribution in [0.2, 0.25) is 0 Å². The smallest absolute Gasteiger partial charge is 0.471 e. The van der Waals surface area contributed by atoms with Crippen molar-refractivity contribution in [2.24, 2.45) is 0 Å². The van der Waals surface area contributed by atoms with Gasteiger partial charge in [0.2, 0.25) is 0 Å². The van der Waals surface area contributed by atoms with Crippen LogP contribution >= 0.6 is 0 Å². The Hall–Kier alpha value is -2.05. The Labute approximate surface area is 100 Å². The largest absolute Gasteiger partial charge is 0.478 e. The van der Waals surface area contributed by atoms with Gasteiger partial charge in [-0.25, -0.2) is 4.79 Å². The molecule has 0 heterocycles. The second-order valence-corrected chi connectivity index (χ2v) is 3.76. The summed E-state index contributed by atoms with van der Waals surface area (Å²) >= 11 is 0. The number of aromatic carboxylic acids is 1. The number of anilines is 1. The van der Waals surface area contributed by atoms with Crippen molar-refractivity contribution in [1.29, 1.82) is 0 Å². The van der Waals surface area contributed by atoms with E-state index in [1.165, 1.54) is 19.1 Å². The van der Waals surface area contributed by atoms with E-state index in [9.17, 15) is 22.8 Å². The van der Waals surface area contributed by atoms with E-state index in [0.29, 0.717) is 5.56 Å². The zero-order valence-electron chi connectivity index (χ0n) is 9.55. The van der Waals surface area contributed by atoms with Crippen molar-refractivity contribution in [1.82, 2.24) is 0 Å². The average Bonchev–Trinajstić information content (AvgIpc) is 2.13. The van der Waals surface area contributed by atoms with Crippen LogP contribution in [0.1, 0.15) is 21.5 Å². The molecule has 0 saturated carbocycles. The third-order valence-electron chi connectivity index (χ3n) is 2.20. The van der Waals surface area contributed by atoms with Crippen LogP contribution in [0.3, 0.4) is 0 Å². The number of carbonyl (C=O) groups is 2. The number of halogens is 3. The Balaban J connectivity index is 3.24. The van der Waals surface area contributed by atoms with Crippen LogP contribution in [0.5, 0.6) is 0 Å². The summed E-state index contributed by atoms with van der Waals surface area (Å²) in [5, 5.41) is 10.5. The Morgan fingerprint density at radius 2 is 1.78 bits per heavy atom. The first-order valence-electron chi connectivity index (χ1n) is 4.85. The Morgan fingerprint density at radius 1 is 1.22 bits per heavy atom. The number of carboxylic acid groups (broad SMARTS) is 1. The van der Waals surface area contributed by atoms with Gasteiger partial charge in [0, 0.05) is 0 Å². The molecule has 0 unspecified atom stereocenters. The number of nitrogens with one attached hydrogen (secondary N) is 1. The molecule has 0 spiro atoms. The number of carboxylic acids is 1. The van der Waals surface area contributed by atoms with Gasteiger partial charge in [-0.05, 0) is 31.0 Å². The molecule has 0 fully saturated rings. The number of carbonyl (C=O) groups excluding carboxylic acids is 1. The predicted octanol–water partition coefficient (Wildman–Crippen LogP) is 2.50. The summed E-state index contributed by atoms with van der Waals surface area (Å²) in [5.74, 6) is -3.60. The van der Waals surface area contributed by atoms with Gasteiger partial charge in [-0.1, -0.05) is 6.07 Å². The fraction of sp³-hybridized carbons (Fsp3) is 0.273. The van der Waals surface area contributed by atoms with Crippen LogP contribution in [0.15, 0.2) is 12.1 Å². The Kier molecular flexibility index (Phi) is 3.64. The average molecular weight is 261 g/mol. The van der Waals surface area contributed by atoms with E-state index < -0.39 is 18.1 Å². The van der Waals surface area contributed by atoms with E-state index in [0.717, 1.165) is 0 Å². The maximum Gasteiger partial charge on any atom is 0.471 e. The molecular formula is C11H10F3NO3. The lowest BCUT2D eigenvalue weighted by atomic mass is 10.0. The normalized spacial score (nSPS) is 11.2. The molecule has 1 amide bonds. The summed E-state index contributed by atoms with van der Waals surface area (Å²) in [6.45, 7) is 3.03. The molecule has 1 aromatic carbocycles. The third kappa shape index (κ3) is 2.99. The molecule has 2 N–H and O–H groups in total. The predicted molar refractivity (Wildman–Crippen MR) is 57.6 cm³/mol. The highest BCUT2D eigenvalue weighted by Gasteiger charge is 2.39. The number of aryl methyl sites for hydroxylation is 2. The number of benzene rings is 1. The molecule has 0 aliphatic heterocycles. The molecule has 18 heavy (non-hydrogen) atoms. The van der Waals surface area contributed by atoms with Crippen LogP contribution in [0.25, 0.3) is 0 Å².